The van der Waals surface area contributed by atoms with E-state index in [0.29, 0.717) is 5.69 Å². The number of benzene rings is 1. The molecule has 1 aromatic carbocycles. The maximum absolute atomic E-state index is 13.4. The van der Waals surface area contributed by atoms with Crippen LogP contribution in [0.4, 0.5) is 15.8 Å². The van der Waals surface area contributed by atoms with Crippen LogP contribution in [0.25, 0.3) is 0 Å². The molecule has 0 aliphatic carbocycles. The maximum Gasteiger partial charge on any atom is 0.304 e. The van der Waals surface area contributed by atoms with Crippen LogP contribution in [0.2, 0.25) is 0 Å². The summed E-state index contributed by atoms with van der Waals surface area (Å²) in [6.07, 6.45) is 4.48. The Hall–Kier alpha value is -1.65. The van der Waals surface area contributed by atoms with Crippen LogP contribution >= 0.6 is 0 Å². The molecule has 1 aromatic rings. The van der Waals surface area contributed by atoms with Crippen LogP contribution in [0.1, 0.15) is 39.5 Å². The molecule has 0 heterocycles. The summed E-state index contributed by atoms with van der Waals surface area (Å²) in [5.74, 6) is -0.800. The molecule has 0 saturated heterocycles. The number of nitrogens with zero attached hydrogens (tertiary/aromatic N) is 1. The Balaban J connectivity index is 2.57. The SMILES string of the molecule is CCCCCC(C)Nc1ccc([N+](=O)[O-])c(F)c1. The molecule has 0 fully saturated rings. The number of anilines is 1. The van der Waals surface area contributed by atoms with Gasteiger partial charge in [-0.05, 0) is 19.4 Å². The normalized spacial score (nSPS) is 12.2. The van der Waals surface area contributed by atoms with E-state index in [9.17, 15) is 14.5 Å². The van der Waals surface area contributed by atoms with Gasteiger partial charge in [0, 0.05) is 23.9 Å². The minimum atomic E-state index is -0.800. The Kier molecular flexibility index (Phi) is 5.55. The van der Waals surface area contributed by atoms with Gasteiger partial charge in [-0.25, -0.2) is 0 Å². The summed E-state index contributed by atoms with van der Waals surface area (Å²) in [5.41, 5.74) is 0.0984. The molecule has 0 bridgehead atoms. The van der Waals surface area contributed by atoms with Gasteiger partial charge in [0.15, 0.2) is 0 Å². The molecule has 5 heteroatoms. The highest BCUT2D eigenvalue weighted by molar-refractivity contribution is 5.50. The van der Waals surface area contributed by atoms with Gasteiger partial charge in [-0.1, -0.05) is 26.2 Å². The second-order valence-electron chi connectivity index (χ2n) is 4.46. The van der Waals surface area contributed by atoms with Crippen molar-refractivity contribution >= 4 is 11.4 Å². The monoisotopic (exact) mass is 254 g/mol. The fourth-order valence-corrected chi connectivity index (χ4v) is 1.80. The highest BCUT2D eigenvalue weighted by Gasteiger charge is 2.14. The molecule has 1 atom stereocenters. The molecule has 1 unspecified atom stereocenters. The summed E-state index contributed by atoms with van der Waals surface area (Å²) >= 11 is 0. The number of hydrogen-bond donors (Lipinski definition) is 1. The molecule has 100 valence electrons. The largest absolute Gasteiger partial charge is 0.383 e. The van der Waals surface area contributed by atoms with Crippen molar-refractivity contribution < 1.29 is 9.31 Å². The Bertz CT molecular complexity index is 410. The van der Waals surface area contributed by atoms with Gasteiger partial charge in [0.2, 0.25) is 5.82 Å². The van der Waals surface area contributed by atoms with E-state index < -0.39 is 16.4 Å². The highest BCUT2D eigenvalue weighted by atomic mass is 19.1. The van der Waals surface area contributed by atoms with Crippen molar-refractivity contribution in [2.24, 2.45) is 0 Å². The van der Waals surface area contributed by atoms with Crippen molar-refractivity contribution in [2.45, 2.75) is 45.6 Å². The zero-order valence-electron chi connectivity index (χ0n) is 10.8. The standard InChI is InChI=1S/C13H19FN2O2/c1-3-4-5-6-10(2)15-11-7-8-13(16(17)18)12(14)9-11/h7-10,15H,3-6H2,1-2H3. The first kappa shape index (κ1) is 14.4. The summed E-state index contributed by atoms with van der Waals surface area (Å²) in [6, 6.07) is 4.14. The predicted octanol–water partition coefficient (Wildman–Crippen LogP) is 4.11. The average Bonchev–Trinajstić information content (AvgIpc) is 2.28. The van der Waals surface area contributed by atoms with Crippen LogP contribution in [0, 0.1) is 15.9 Å². The lowest BCUT2D eigenvalue weighted by molar-refractivity contribution is -0.387. The van der Waals surface area contributed by atoms with E-state index in [1.54, 1.807) is 0 Å². The van der Waals surface area contributed by atoms with Gasteiger partial charge in [0.25, 0.3) is 0 Å². The zero-order chi connectivity index (χ0) is 13.5. The summed E-state index contributed by atoms with van der Waals surface area (Å²) < 4.78 is 13.4. The quantitative estimate of drug-likeness (QED) is 0.452. The van der Waals surface area contributed by atoms with Crippen molar-refractivity contribution in [2.75, 3.05) is 5.32 Å². The van der Waals surface area contributed by atoms with Gasteiger partial charge < -0.3 is 5.32 Å². The molecular weight excluding hydrogens is 235 g/mol. The molecule has 18 heavy (non-hydrogen) atoms. The van der Waals surface area contributed by atoms with Crippen LogP contribution in [0.3, 0.4) is 0 Å². The number of halogens is 1. The number of unbranched alkanes of at least 4 members (excludes halogenated alkanes) is 2. The number of hydrogen-bond acceptors (Lipinski definition) is 3. The second-order valence-corrected chi connectivity index (χ2v) is 4.46. The molecule has 0 aromatic heterocycles. The van der Waals surface area contributed by atoms with Crippen molar-refractivity contribution in [3.05, 3.63) is 34.1 Å². The van der Waals surface area contributed by atoms with Gasteiger partial charge in [0.1, 0.15) is 0 Å². The predicted molar refractivity (Wildman–Crippen MR) is 70.3 cm³/mol. The van der Waals surface area contributed by atoms with Crippen LogP contribution in [-0.4, -0.2) is 11.0 Å². The molecule has 0 spiro atoms. The average molecular weight is 254 g/mol. The lowest BCUT2D eigenvalue weighted by Gasteiger charge is -2.14. The van der Waals surface area contributed by atoms with E-state index in [1.807, 2.05) is 6.92 Å². The highest BCUT2D eigenvalue weighted by Crippen LogP contribution is 2.21. The lowest BCUT2D eigenvalue weighted by Crippen LogP contribution is -2.15. The van der Waals surface area contributed by atoms with Gasteiger partial charge >= 0.3 is 5.69 Å². The molecule has 0 radical (unpaired) electrons. The molecule has 1 rings (SSSR count). The summed E-state index contributed by atoms with van der Waals surface area (Å²) in [5, 5.41) is 13.6. The number of nitro benzene ring substituents is 1. The minimum Gasteiger partial charge on any atom is -0.383 e. The molecule has 0 saturated carbocycles. The van der Waals surface area contributed by atoms with Gasteiger partial charge in [-0.3, -0.25) is 10.1 Å². The van der Waals surface area contributed by atoms with E-state index >= 15 is 0 Å². The zero-order valence-corrected chi connectivity index (χ0v) is 10.8. The van der Waals surface area contributed by atoms with Crippen LogP contribution < -0.4 is 5.32 Å². The molecule has 4 nitrogen and oxygen atoms in total. The van der Waals surface area contributed by atoms with E-state index in [-0.39, 0.29) is 6.04 Å². The number of nitro groups is 1. The van der Waals surface area contributed by atoms with E-state index in [0.717, 1.165) is 12.8 Å². The third-order valence-electron chi connectivity index (χ3n) is 2.80. The molecule has 0 amide bonds. The van der Waals surface area contributed by atoms with Gasteiger partial charge in [0.05, 0.1) is 4.92 Å². The lowest BCUT2D eigenvalue weighted by atomic mass is 10.1. The topological polar surface area (TPSA) is 55.2 Å². The summed E-state index contributed by atoms with van der Waals surface area (Å²) in [6.45, 7) is 4.17. The van der Waals surface area contributed by atoms with E-state index in [4.69, 9.17) is 0 Å². The third-order valence-corrected chi connectivity index (χ3v) is 2.80. The minimum absolute atomic E-state index is 0.234. The smallest absolute Gasteiger partial charge is 0.304 e. The second kappa shape index (κ2) is 6.93. The molecule has 1 N–H and O–H groups in total. The first-order valence-electron chi connectivity index (χ1n) is 6.25. The van der Waals surface area contributed by atoms with Gasteiger partial charge in [-0.2, -0.15) is 4.39 Å². The Morgan fingerprint density at radius 1 is 1.44 bits per heavy atom. The van der Waals surface area contributed by atoms with E-state index in [2.05, 4.69) is 12.2 Å². The fraction of sp³-hybridized carbons (Fsp3) is 0.538. The first-order valence-corrected chi connectivity index (χ1v) is 6.25. The Morgan fingerprint density at radius 3 is 2.72 bits per heavy atom. The van der Waals surface area contributed by atoms with Crippen molar-refractivity contribution in [3.63, 3.8) is 0 Å². The fourth-order valence-electron chi connectivity index (χ4n) is 1.80. The van der Waals surface area contributed by atoms with Gasteiger partial charge in [-0.15, -0.1) is 0 Å². The van der Waals surface area contributed by atoms with E-state index in [1.165, 1.54) is 31.0 Å². The molecule has 0 aliphatic rings. The Labute approximate surface area is 106 Å². The van der Waals surface area contributed by atoms with Crippen LogP contribution in [-0.2, 0) is 0 Å². The van der Waals surface area contributed by atoms with Crippen molar-refractivity contribution in [3.8, 4) is 0 Å². The maximum atomic E-state index is 13.4. The number of rotatable bonds is 7. The molecule has 0 aliphatic heterocycles. The first-order chi connectivity index (χ1) is 8.54. The molecular formula is C13H19FN2O2. The third kappa shape index (κ3) is 4.31. The number of nitrogens with one attached hydrogen (secondary N) is 1. The van der Waals surface area contributed by atoms with Crippen LogP contribution in [0.5, 0.6) is 0 Å². The van der Waals surface area contributed by atoms with Crippen molar-refractivity contribution in [1.82, 2.24) is 0 Å². The Morgan fingerprint density at radius 2 is 2.17 bits per heavy atom. The van der Waals surface area contributed by atoms with Crippen molar-refractivity contribution in [1.29, 1.82) is 0 Å². The van der Waals surface area contributed by atoms with Crippen LogP contribution in [0.15, 0.2) is 18.2 Å². The summed E-state index contributed by atoms with van der Waals surface area (Å²) in [4.78, 5) is 9.76. The summed E-state index contributed by atoms with van der Waals surface area (Å²) in [7, 11) is 0.